The van der Waals surface area contributed by atoms with Crippen molar-refractivity contribution in [1.29, 1.82) is 0 Å². The molecule has 166 valence electrons. The molecule has 0 N–H and O–H groups in total. The van der Waals surface area contributed by atoms with Crippen molar-refractivity contribution >= 4 is 33.5 Å². The highest BCUT2D eigenvalue weighted by molar-refractivity contribution is 9.10. The van der Waals surface area contributed by atoms with Crippen molar-refractivity contribution in [2.45, 2.75) is 25.4 Å². The summed E-state index contributed by atoms with van der Waals surface area (Å²) in [5.74, 6) is -4.73. The van der Waals surface area contributed by atoms with Gasteiger partial charge in [0, 0.05) is 18.0 Å². The maximum atomic E-state index is 14.3. The molecule has 0 radical (unpaired) electrons. The molecule has 0 fully saturated rings. The fourth-order valence-electron chi connectivity index (χ4n) is 3.30. The summed E-state index contributed by atoms with van der Waals surface area (Å²) in [6.45, 7) is 2.03. The Kier molecular flexibility index (Phi) is 7.27. The summed E-state index contributed by atoms with van der Waals surface area (Å²) >= 11 is 3.16. The molecule has 0 aromatic heterocycles. The SMILES string of the molecule is CCOC(=O)C(Cc1ccc(OCCN2C(=O)C(F)(F)c3cc(Br)ccc32)cc1)OC. The van der Waals surface area contributed by atoms with E-state index < -0.39 is 23.9 Å². The summed E-state index contributed by atoms with van der Waals surface area (Å²) in [6.07, 6.45) is -0.353. The number of amides is 1. The number of fused-ring (bicyclic) bond motifs is 1. The first-order valence-electron chi connectivity index (χ1n) is 9.69. The quantitative estimate of drug-likeness (QED) is 0.488. The normalized spacial score (nSPS) is 15.5. The molecule has 0 spiro atoms. The van der Waals surface area contributed by atoms with Gasteiger partial charge in [0.25, 0.3) is 0 Å². The van der Waals surface area contributed by atoms with Crippen LogP contribution in [0.25, 0.3) is 0 Å². The molecule has 2 aromatic carbocycles. The lowest BCUT2D eigenvalue weighted by molar-refractivity contribution is -0.154. The second kappa shape index (κ2) is 9.74. The van der Waals surface area contributed by atoms with E-state index in [9.17, 15) is 18.4 Å². The Labute approximate surface area is 187 Å². The molecule has 6 nitrogen and oxygen atoms in total. The lowest BCUT2D eigenvalue weighted by Gasteiger charge is -2.18. The number of methoxy groups -OCH3 is 1. The molecule has 0 saturated heterocycles. The maximum absolute atomic E-state index is 14.3. The van der Waals surface area contributed by atoms with E-state index in [0.29, 0.717) is 16.6 Å². The van der Waals surface area contributed by atoms with Gasteiger partial charge in [-0.05, 0) is 42.8 Å². The minimum atomic E-state index is -3.56. The second-order valence-corrected chi connectivity index (χ2v) is 7.78. The first kappa shape index (κ1) is 23.1. The van der Waals surface area contributed by atoms with E-state index in [0.717, 1.165) is 10.5 Å². The number of esters is 1. The smallest absolute Gasteiger partial charge is 0.352 e. The number of alkyl halides is 2. The summed E-state index contributed by atoms with van der Waals surface area (Å²) in [4.78, 5) is 25.0. The molecule has 1 unspecified atom stereocenters. The highest BCUT2D eigenvalue weighted by Gasteiger charge is 2.52. The number of carbonyl (C=O) groups excluding carboxylic acids is 2. The van der Waals surface area contributed by atoms with Crippen molar-refractivity contribution in [3.63, 3.8) is 0 Å². The fourth-order valence-corrected chi connectivity index (χ4v) is 3.66. The number of rotatable bonds is 9. The van der Waals surface area contributed by atoms with Gasteiger partial charge in [0.1, 0.15) is 12.4 Å². The average molecular weight is 498 g/mol. The van der Waals surface area contributed by atoms with Crippen molar-refractivity contribution < 1.29 is 32.6 Å². The summed E-state index contributed by atoms with van der Waals surface area (Å²) in [7, 11) is 1.44. The minimum Gasteiger partial charge on any atom is -0.492 e. The largest absolute Gasteiger partial charge is 0.492 e. The van der Waals surface area contributed by atoms with Crippen LogP contribution in [0.1, 0.15) is 18.1 Å². The van der Waals surface area contributed by atoms with E-state index in [1.54, 1.807) is 37.3 Å². The predicted octanol–water partition coefficient (Wildman–Crippen LogP) is 4.09. The monoisotopic (exact) mass is 497 g/mol. The van der Waals surface area contributed by atoms with Crippen LogP contribution < -0.4 is 9.64 Å². The maximum Gasteiger partial charge on any atom is 0.352 e. The van der Waals surface area contributed by atoms with Gasteiger partial charge in [-0.3, -0.25) is 4.79 Å². The molecule has 1 heterocycles. The lowest BCUT2D eigenvalue weighted by atomic mass is 10.1. The summed E-state index contributed by atoms with van der Waals surface area (Å²) in [5, 5.41) is 0. The number of hydrogen-bond acceptors (Lipinski definition) is 5. The van der Waals surface area contributed by atoms with Crippen molar-refractivity contribution in [2.75, 3.05) is 31.8 Å². The third kappa shape index (κ3) is 5.04. The van der Waals surface area contributed by atoms with Gasteiger partial charge in [0.15, 0.2) is 6.10 Å². The van der Waals surface area contributed by atoms with Gasteiger partial charge in [0.2, 0.25) is 0 Å². The number of carbonyl (C=O) groups is 2. The van der Waals surface area contributed by atoms with Crippen LogP contribution in [0.15, 0.2) is 46.9 Å². The molecule has 1 aliphatic heterocycles. The zero-order valence-electron chi connectivity index (χ0n) is 17.1. The first-order valence-corrected chi connectivity index (χ1v) is 10.5. The predicted molar refractivity (Wildman–Crippen MR) is 113 cm³/mol. The Morgan fingerprint density at radius 2 is 1.90 bits per heavy atom. The number of anilines is 1. The van der Waals surface area contributed by atoms with E-state index in [2.05, 4.69) is 15.9 Å². The standard InChI is InChI=1S/C22H22BrF2NO5/c1-3-30-20(27)19(29-2)12-14-4-7-16(8-5-14)31-11-10-26-18-9-6-15(23)13-17(18)22(24,25)21(26)28/h4-9,13,19H,3,10-12H2,1-2H3. The Morgan fingerprint density at radius 1 is 1.19 bits per heavy atom. The van der Waals surface area contributed by atoms with Crippen LogP contribution in [0.4, 0.5) is 14.5 Å². The number of benzene rings is 2. The van der Waals surface area contributed by atoms with Gasteiger partial charge in [-0.25, -0.2) is 4.79 Å². The number of ether oxygens (including phenoxy) is 3. The first-order chi connectivity index (χ1) is 14.8. The molecule has 0 bridgehead atoms. The highest BCUT2D eigenvalue weighted by atomic mass is 79.9. The van der Waals surface area contributed by atoms with Crippen LogP contribution in [-0.2, 0) is 31.4 Å². The van der Waals surface area contributed by atoms with Gasteiger partial charge in [-0.1, -0.05) is 28.1 Å². The van der Waals surface area contributed by atoms with Crippen LogP contribution in [0, 0.1) is 0 Å². The molecule has 1 atom stereocenters. The van der Waals surface area contributed by atoms with Crippen LogP contribution in [0.3, 0.4) is 0 Å². The molecule has 31 heavy (non-hydrogen) atoms. The molecule has 1 amide bonds. The zero-order chi connectivity index (χ0) is 22.6. The van der Waals surface area contributed by atoms with Gasteiger partial charge >= 0.3 is 17.8 Å². The van der Waals surface area contributed by atoms with E-state index >= 15 is 0 Å². The summed E-state index contributed by atoms with van der Waals surface area (Å²) in [6, 6.07) is 11.3. The minimum absolute atomic E-state index is 0.0145. The molecule has 2 aromatic rings. The topological polar surface area (TPSA) is 65.1 Å². The van der Waals surface area contributed by atoms with Gasteiger partial charge in [0.05, 0.1) is 24.4 Å². The molecular formula is C22H22BrF2NO5. The van der Waals surface area contributed by atoms with Crippen LogP contribution in [-0.4, -0.2) is 44.8 Å². The Balaban J connectivity index is 1.58. The Bertz CT molecular complexity index is 951. The van der Waals surface area contributed by atoms with Crippen molar-refractivity contribution in [3.8, 4) is 5.75 Å². The number of nitrogens with zero attached hydrogens (tertiary/aromatic N) is 1. The molecule has 3 rings (SSSR count). The van der Waals surface area contributed by atoms with E-state index in [4.69, 9.17) is 14.2 Å². The van der Waals surface area contributed by atoms with E-state index in [1.165, 1.54) is 19.2 Å². The Hall–Kier alpha value is -2.52. The summed E-state index contributed by atoms with van der Waals surface area (Å²) in [5.41, 5.74) is 0.716. The molecular weight excluding hydrogens is 476 g/mol. The van der Waals surface area contributed by atoms with Gasteiger partial charge in [-0.15, -0.1) is 0 Å². The van der Waals surface area contributed by atoms with Gasteiger partial charge in [-0.2, -0.15) is 8.78 Å². The third-order valence-electron chi connectivity index (χ3n) is 4.86. The number of halogens is 3. The second-order valence-electron chi connectivity index (χ2n) is 6.87. The molecule has 1 aliphatic rings. The lowest BCUT2D eigenvalue weighted by Crippen LogP contribution is -2.37. The van der Waals surface area contributed by atoms with Crippen molar-refractivity contribution in [3.05, 3.63) is 58.1 Å². The number of hydrogen-bond donors (Lipinski definition) is 0. The Morgan fingerprint density at radius 3 is 2.55 bits per heavy atom. The van der Waals surface area contributed by atoms with Crippen molar-refractivity contribution in [1.82, 2.24) is 0 Å². The van der Waals surface area contributed by atoms with Crippen LogP contribution in [0.2, 0.25) is 0 Å². The average Bonchev–Trinajstić information content (AvgIpc) is 2.93. The van der Waals surface area contributed by atoms with Crippen LogP contribution >= 0.6 is 15.9 Å². The van der Waals surface area contributed by atoms with E-state index in [1.807, 2.05) is 0 Å². The molecule has 0 aliphatic carbocycles. The highest BCUT2D eigenvalue weighted by Crippen LogP contribution is 2.45. The molecule has 9 heteroatoms. The fraction of sp³-hybridized carbons (Fsp3) is 0.364. The zero-order valence-corrected chi connectivity index (χ0v) is 18.7. The third-order valence-corrected chi connectivity index (χ3v) is 5.36. The van der Waals surface area contributed by atoms with E-state index in [-0.39, 0.29) is 31.0 Å². The van der Waals surface area contributed by atoms with Crippen LogP contribution in [0.5, 0.6) is 5.75 Å². The molecule has 0 saturated carbocycles. The van der Waals surface area contributed by atoms with Crippen molar-refractivity contribution in [2.24, 2.45) is 0 Å². The summed E-state index contributed by atoms with van der Waals surface area (Å²) < 4.78 is 44.8. The van der Waals surface area contributed by atoms with Gasteiger partial charge < -0.3 is 19.1 Å².